The van der Waals surface area contributed by atoms with E-state index in [4.69, 9.17) is 5.73 Å². The summed E-state index contributed by atoms with van der Waals surface area (Å²) in [5.74, 6) is -0.225. The van der Waals surface area contributed by atoms with E-state index in [0.29, 0.717) is 17.7 Å². The Balaban J connectivity index is 2.04. The number of amides is 1. The maximum Gasteiger partial charge on any atom is 0.251 e. The van der Waals surface area contributed by atoms with Crippen LogP contribution in [0.4, 0.5) is 5.69 Å². The van der Waals surface area contributed by atoms with Gasteiger partial charge in [0.15, 0.2) is 0 Å². The van der Waals surface area contributed by atoms with Gasteiger partial charge in [0, 0.05) is 11.3 Å². The quantitative estimate of drug-likeness (QED) is 0.734. The third-order valence-electron chi connectivity index (χ3n) is 3.42. The second kappa shape index (κ2) is 6.90. The van der Waals surface area contributed by atoms with E-state index < -0.39 is 0 Å². The Morgan fingerprint density at radius 2 is 1.95 bits per heavy atom. The van der Waals surface area contributed by atoms with Crippen LogP contribution in [0.3, 0.4) is 0 Å². The monoisotopic (exact) mass is 284 g/mol. The first-order valence-corrected chi connectivity index (χ1v) is 6.92. The minimum atomic E-state index is -0.317. The van der Waals surface area contributed by atoms with Crippen LogP contribution in [0.2, 0.25) is 0 Å². The van der Waals surface area contributed by atoms with Crippen LogP contribution in [0.1, 0.15) is 21.5 Å². The van der Waals surface area contributed by atoms with Gasteiger partial charge in [-0.1, -0.05) is 36.4 Å². The molecule has 4 nitrogen and oxygen atoms in total. The summed E-state index contributed by atoms with van der Waals surface area (Å²) in [6, 6.07) is 14.6. The number of carbonyl (C=O) groups is 1. The molecule has 0 saturated carbocycles. The lowest BCUT2D eigenvalue weighted by Gasteiger charge is -2.17. The molecule has 4 heteroatoms. The average molecular weight is 284 g/mol. The molecule has 0 spiro atoms. The average Bonchev–Trinajstić information content (AvgIpc) is 2.50. The molecule has 4 N–H and O–H groups in total. The first kappa shape index (κ1) is 15.1. The first-order chi connectivity index (χ1) is 10.1. The van der Waals surface area contributed by atoms with Crippen LogP contribution in [-0.4, -0.2) is 23.7 Å². The van der Waals surface area contributed by atoms with Crippen LogP contribution in [0.25, 0.3) is 0 Å². The van der Waals surface area contributed by atoms with Crippen LogP contribution in [-0.2, 0) is 6.42 Å². The third-order valence-corrected chi connectivity index (χ3v) is 3.42. The lowest BCUT2D eigenvalue weighted by atomic mass is 10.1. The van der Waals surface area contributed by atoms with Gasteiger partial charge in [0.2, 0.25) is 0 Å². The number of nitrogens with one attached hydrogen (secondary N) is 1. The highest BCUT2D eigenvalue weighted by molar-refractivity contribution is 5.95. The highest BCUT2D eigenvalue weighted by Crippen LogP contribution is 2.13. The van der Waals surface area contributed by atoms with Crippen molar-refractivity contribution in [2.24, 2.45) is 0 Å². The van der Waals surface area contributed by atoms with Crippen molar-refractivity contribution in [3.05, 3.63) is 65.2 Å². The third kappa shape index (κ3) is 4.07. The highest BCUT2D eigenvalue weighted by Gasteiger charge is 2.14. The Labute approximate surface area is 124 Å². The van der Waals surface area contributed by atoms with Gasteiger partial charge in [0.05, 0.1) is 12.6 Å². The van der Waals surface area contributed by atoms with Crippen molar-refractivity contribution in [3.63, 3.8) is 0 Å². The van der Waals surface area contributed by atoms with Gasteiger partial charge in [-0.15, -0.1) is 0 Å². The van der Waals surface area contributed by atoms with E-state index in [9.17, 15) is 9.90 Å². The Morgan fingerprint density at radius 3 is 2.57 bits per heavy atom. The van der Waals surface area contributed by atoms with Gasteiger partial charge in [0.1, 0.15) is 0 Å². The SMILES string of the molecule is Cc1ccc(C(=O)N[C@H](CO)Cc2ccccc2)cc1N. The number of hydrogen-bond acceptors (Lipinski definition) is 3. The van der Waals surface area contributed by atoms with Crippen molar-refractivity contribution in [3.8, 4) is 0 Å². The Morgan fingerprint density at radius 1 is 1.24 bits per heavy atom. The molecule has 0 aliphatic heterocycles. The first-order valence-electron chi connectivity index (χ1n) is 6.92. The molecule has 0 saturated heterocycles. The summed E-state index contributed by atoms with van der Waals surface area (Å²) >= 11 is 0. The van der Waals surface area contributed by atoms with Gasteiger partial charge in [-0.2, -0.15) is 0 Å². The Hall–Kier alpha value is -2.33. The number of benzene rings is 2. The number of aliphatic hydroxyl groups excluding tert-OH is 1. The van der Waals surface area contributed by atoms with E-state index in [1.165, 1.54) is 0 Å². The van der Waals surface area contributed by atoms with Crippen LogP contribution in [0, 0.1) is 6.92 Å². The van der Waals surface area contributed by atoms with E-state index in [2.05, 4.69) is 5.32 Å². The number of anilines is 1. The molecule has 1 atom stereocenters. The zero-order chi connectivity index (χ0) is 15.2. The molecule has 2 aromatic carbocycles. The topological polar surface area (TPSA) is 75.3 Å². The maximum atomic E-state index is 12.2. The van der Waals surface area contributed by atoms with Crippen molar-refractivity contribution in [1.29, 1.82) is 0 Å². The fourth-order valence-electron chi connectivity index (χ4n) is 2.11. The summed E-state index contributed by atoms with van der Waals surface area (Å²) in [4.78, 5) is 12.2. The molecular weight excluding hydrogens is 264 g/mol. The largest absolute Gasteiger partial charge is 0.398 e. The number of nitrogen functional groups attached to an aromatic ring is 1. The molecule has 1 amide bonds. The summed E-state index contributed by atoms with van der Waals surface area (Å²) in [5.41, 5.74) is 8.92. The number of carbonyl (C=O) groups excluding carboxylic acids is 1. The van der Waals surface area contributed by atoms with Gasteiger partial charge in [-0.3, -0.25) is 4.79 Å². The predicted molar refractivity (Wildman–Crippen MR) is 84.1 cm³/mol. The zero-order valence-electron chi connectivity index (χ0n) is 12.0. The zero-order valence-corrected chi connectivity index (χ0v) is 12.0. The van der Waals surface area contributed by atoms with Crippen molar-refractivity contribution in [1.82, 2.24) is 5.32 Å². The summed E-state index contributed by atoms with van der Waals surface area (Å²) in [5, 5.41) is 12.3. The fourth-order valence-corrected chi connectivity index (χ4v) is 2.11. The van der Waals surface area contributed by atoms with E-state index in [0.717, 1.165) is 11.1 Å². The smallest absolute Gasteiger partial charge is 0.251 e. The standard InChI is InChI=1S/C17H20N2O2/c1-12-7-8-14(10-16(12)18)17(21)19-15(11-20)9-13-5-3-2-4-6-13/h2-8,10,15,20H,9,11,18H2,1H3,(H,19,21)/t15-/m0/s1. The normalized spacial score (nSPS) is 11.9. The van der Waals surface area contributed by atoms with Gasteiger partial charge in [-0.25, -0.2) is 0 Å². The van der Waals surface area contributed by atoms with Gasteiger partial charge in [0.25, 0.3) is 5.91 Å². The van der Waals surface area contributed by atoms with E-state index in [-0.39, 0.29) is 18.6 Å². The lowest BCUT2D eigenvalue weighted by molar-refractivity contribution is 0.0916. The number of nitrogens with two attached hydrogens (primary N) is 1. The highest BCUT2D eigenvalue weighted by atomic mass is 16.3. The van der Waals surface area contributed by atoms with Crippen LogP contribution < -0.4 is 11.1 Å². The molecule has 21 heavy (non-hydrogen) atoms. The molecule has 0 radical (unpaired) electrons. The predicted octanol–water partition coefficient (Wildman–Crippen LogP) is 1.91. The van der Waals surface area contributed by atoms with Crippen LogP contribution >= 0.6 is 0 Å². The Bertz CT molecular complexity index is 611. The van der Waals surface area contributed by atoms with Crippen molar-refractivity contribution < 1.29 is 9.90 Å². The second-order valence-electron chi connectivity index (χ2n) is 5.11. The fraction of sp³-hybridized carbons (Fsp3) is 0.235. The van der Waals surface area contributed by atoms with Gasteiger partial charge in [-0.05, 0) is 36.6 Å². The van der Waals surface area contributed by atoms with Gasteiger partial charge < -0.3 is 16.2 Å². The molecule has 0 fully saturated rings. The molecule has 2 aromatic rings. The Kier molecular flexibility index (Phi) is 4.95. The summed E-state index contributed by atoms with van der Waals surface area (Å²) in [6.07, 6.45) is 0.588. The van der Waals surface area contributed by atoms with E-state index in [1.54, 1.807) is 12.1 Å². The molecule has 0 aromatic heterocycles. The summed E-state index contributed by atoms with van der Waals surface area (Å²) < 4.78 is 0. The summed E-state index contributed by atoms with van der Waals surface area (Å²) in [7, 11) is 0. The minimum Gasteiger partial charge on any atom is -0.398 e. The van der Waals surface area contributed by atoms with Crippen LogP contribution in [0.15, 0.2) is 48.5 Å². The maximum absolute atomic E-state index is 12.2. The van der Waals surface area contributed by atoms with Crippen LogP contribution in [0.5, 0.6) is 0 Å². The minimum absolute atomic E-state index is 0.109. The molecule has 0 aliphatic rings. The van der Waals surface area contributed by atoms with E-state index in [1.807, 2.05) is 43.3 Å². The molecule has 110 valence electrons. The number of hydrogen-bond donors (Lipinski definition) is 3. The summed E-state index contributed by atoms with van der Waals surface area (Å²) in [6.45, 7) is 1.78. The van der Waals surface area contributed by atoms with Gasteiger partial charge >= 0.3 is 0 Å². The van der Waals surface area contributed by atoms with Crippen molar-refractivity contribution in [2.45, 2.75) is 19.4 Å². The molecule has 0 bridgehead atoms. The van der Waals surface area contributed by atoms with Crippen molar-refractivity contribution >= 4 is 11.6 Å². The molecule has 2 rings (SSSR count). The lowest BCUT2D eigenvalue weighted by Crippen LogP contribution is -2.39. The number of aryl methyl sites for hydroxylation is 1. The second-order valence-corrected chi connectivity index (χ2v) is 5.11. The molecular formula is C17H20N2O2. The van der Waals surface area contributed by atoms with E-state index >= 15 is 0 Å². The molecule has 0 aliphatic carbocycles. The molecule has 0 unspecified atom stereocenters. The van der Waals surface area contributed by atoms with Crippen molar-refractivity contribution in [2.75, 3.05) is 12.3 Å². The molecule has 0 heterocycles. The number of rotatable bonds is 5. The number of aliphatic hydroxyl groups is 1.